The van der Waals surface area contributed by atoms with Crippen molar-refractivity contribution in [1.82, 2.24) is 4.90 Å². The van der Waals surface area contributed by atoms with Crippen molar-refractivity contribution in [3.63, 3.8) is 0 Å². The van der Waals surface area contributed by atoms with Crippen molar-refractivity contribution in [2.75, 3.05) is 13.1 Å². The van der Waals surface area contributed by atoms with Gasteiger partial charge < -0.3 is 5.11 Å². The number of unbranched alkanes of at least 4 members (excludes halogenated alkanes) is 10. The first-order chi connectivity index (χ1) is 12.2. The van der Waals surface area contributed by atoms with Crippen molar-refractivity contribution in [3.05, 3.63) is 12.2 Å². The third-order valence-electron chi connectivity index (χ3n) is 5.03. The molecule has 0 rings (SSSR count). The summed E-state index contributed by atoms with van der Waals surface area (Å²) in [5.41, 5.74) is 0. The van der Waals surface area contributed by atoms with Crippen molar-refractivity contribution in [2.24, 2.45) is 0 Å². The molecule has 0 aliphatic carbocycles. The Morgan fingerprint density at radius 1 is 0.800 bits per heavy atom. The molecule has 0 saturated carbocycles. The Hall–Kier alpha value is -0.830. The molecule has 0 saturated heterocycles. The number of nitrogens with zero attached hydrogens (tertiary/aromatic N) is 1. The van der Waals surface area contributed by atoms with Gasteiger partial charge in [0.25, 0.3) is 0 Å². The van der Waals surface area contributed by atoms with Crippen molar-refractivity contribution in [3.8, 4) is 0 Å². The van der Waals surface area contributed by atoms with Gasteiger partial charge in [0.15, 0.2) is 0 Å². The maximum absolute atomic E-state index is 11.4. The van der Waals surface area contributed by atoms with Gasteiger partial charge >= 0.3 is 5.97 Å². The normalized spacial score (nSPS) is 13.0. The topological polar surface area (TPSA) is 40.5 Å². The lowest BCUT2D eigenvalue weighted by molar-refractivity contribution is -0.143. The first-order valence-electron chi connectivity index (χ1n) is 10.8. The molecule has 0 aromatic carbocycles. The molecule has 148 valence electrons. The van der Waals surface area contributed by atoms with Crippen molar-refractivity contribution in [1.29, 1.82) is 0 Å². The predicted octanol–water partition coefficient (Wildman–Crippen LogP) is 6.43. The molecule has 1 unspecified atom stereocenters. The van der Waals surface area contributed by atoms with Gasteiger partial charge in [0, 0.05) is 0 Å². The van der Waals surface area contributed by atoms with Crippen LogP contribution in [-0.4, -0.2) is 35.1 Å². The Balaban J connectivity index is 3.53. The second kappa shape index (κ2) is 18.0. The Bertz CT molecular complexity index is 324. The van der Waals surface area contributed by atoms with E-state index in [2.05, 4.69) is 19.1 Å². The molecule has 0 fully saturated rings. The highest BCUT2D eigenvalue weighted by Crippen LogP contribution is 2.13. The average Bonchev–Trinajstić information content (AvgIpc) is 2.61. The van der Waals surface area contributed by atoms with E-state index >= 15 is 0 Å². The Labute approximate surface area is 156 Å². The van der Waals surface area contributed by atoms with E-state index < -0.39 is 5.97 Å². The number of carbonyl (C=O) groups is 1. The Morgan fingerprint density at radius 3 is 1.76 bits per heavy atom. The summed E-state index contributed by atoms with van der Waals surface area (Å²) in [7, 11) is 0. The Kier molecular flexibility index (Phi) is 17.4. The molecule has 1 atom stereocenters. The molecule has 1 N–H and O–H groups in total. The number of allylic oxidation sites excluding steroid dienone is 2. The second-order valence-corrected chi connectivity index (χ2v) is 7.09. The molecule has 0 bridgehead atoms. The molecular formula is C22H43NO2. The molecule has 0 aromatic heterocycles. The van der Waals surface area contributed by atoms with Gasteiger partial charge in [-0.15, -0.1) is 0 Å². The molecule has 0 aromatic rings. The number of rotatable bonds is 18. The largest absolute Gasteiger partial charge is 0.480 e. The molecule has 0 spiro atoms. The van der Waals surface area contributed by atoms with Crippen molar-refractivity contribution < 1.29 is 9.90 Å². The first-order valence-corrected chi connectivity index (χ1v) is 10.8. The number of likely N-dealkylation sites (N-methyl/N-ethyl adjacent to an activating group) is 1. The summed E-state index contributed by atoms with van der Waals surface area (Å²) in [6, 6.07) is -0.299. The second-order valence-electron chi connectivity index (χ2n) is 7.09. The van der Waals surface area contributed by atoms with Gasteiger partial charge in [-0.1, -0.05) is 84.3 Å². The lowest BCUT2D eigenvalue weighted by Crippen LogP contribution is -2.40. The van der Waals surface area contributed by atoms with Crippen LogP contribution in [0.1, 0.15) is 104 Å². The number of hydrogen-bond acceptors (Lipinski definition) is 2. The van der Waals surface area contributed by atoms with Gasteiger partial charge in [0.05, 0.1) is 0 Å². The highest BCUT2D eigenvalue weighted by molar-refractivity contribution is 5.73. The highest BCUT2D eigenvalue weighted by Gasteiger charge is 2.22. The molecule has 3 nitrogen and oxygen atoms in total. The zero-order valence-electron chi connectivity index (χ0n) is 17.1. The molecule has 0 radical (unpaired) electrons. The highest BCUT2D eigenvalue weighted by atomic mass is 16.4. The van der Waals surface area contributed by atoms with E-state index in [-0.39, 0.29) is 6.04 Å². The van der Waals surface area contributed by atoms with E-state index in [1.54, 1.807) is 0 Å². The van der Waals surface area contributed by atoms with Gasteiger partial charge in [-0.25, -0.2) is 0 Å². The van der Waals surface area contributed by atoms with Crippen LogP contribution in [0, 0.1) is 0 Å². The third kappa shape index (κ3) is 14.1. The summed E-state index contributed by atoms with van der Waals surface area (Å²) in [4.78, 5) is 13.4. The van der Waals surface area contributed by atoms with Crippen molar-refractivity contribution >= 4 is 5.97 Å². The zero-order valence-corrected chi connectivity index (χ0v) is 17.1. The standard InChI is InChI=1S/C22H43NO2/c1-4-7-8-9-10-11-12-13-14-15-16-17-18-19-20-21(22(24)25)23(5-2)6-3/h13-14,21H,4-12,15-20H2,1-3H3,(H,24,25). The van der Waals surface area contributed by atoms with E-state index in [4.69, 9.17) is 0 Å². The fourth-order valence-corrected chi connectivity index (χ4v) is 3.36. The third-order valence-corrected chi connectivity index (χ3v) is 5.03. The van der Waals surface area contributed by atoms with E-state index in [9.17, 15) is 9.90 Å². The van der Waals surface area contributed by atoms with E-state index in [0.29, 0.717) is 0 Å². The van der Waals surface area contributed by atoms with E-state index in [0.717, 1.165) is 32.4 Å². The molecular weight excluding hydrogens is 310 g/mol. The fourth-order valence-electron chi connectivity index (χ4n) is 3.36. The summed E-state index contributed by atoms with van der Waals surface area (Å²) in [5, 5.41) is 9.36. The van der Waals surface area contributed by atoms with Crippen LogP contribution in [0.25, 0.3) is 0 Å². The van der Waals surface area contributed by atoms with E-state index in [1.165, 1.54) is 64.2 Å². The first kappa shape index (κ1) is 24.2. The van der Waals surface area contributed by atoms with Crippen LogP contribution in [0.4, 0.5) is 0 Å². The quantitative estimate of drug-likeness (QED) is 0.228. The van der Waals surface area contributed by atoms with Crippen LogP contribution in [0.2, 0.25) is 0 Å². The summed E-state index contributed by atoms with van der Waals surface area (Å²) < 4.78 is 0. The SMILES string of the molecule is CCCCCCCCC=CCCCCCCC(C(=O)O)N(CC)CC. The van der Waals surface area contributed by atoms with Gasteiger partial charge in [-0.05, 0) is 45.2 Å². The minimum Gasteiger partial charge on any atom is -0.480 e. The maximum Gasteiger partial charge on any atom is 0.320 e. The molecule has 3 heteroatoms. The number of aliphatic carboxylic acids is 1. The number of hydrogen-bond donors (Lipinski definition) is 1. The average molecular weight is 354 g/mol. The van der Waals surface area contributed by atoms with Crippen LogP contribution >= 0.6 is 0 Å². The lowest BCUT2D eigenvalue weighted by atomic mass is 10.0. The van der Waals surface area contributed by atoms with Crippen molar-refractivity contribution in [2.45, 2.75) is 110 Å². The molecule has 0 amide bonds. The molecule has 25 heavy (non-hydrogen) atoms. The fraction of sp³-hybridized carbons (Fsp3) is 0.864. The van der Waals surface area contributed by atoms with Gasteiger partial charge in [0.2, 0.25) is 0 Å². The molecule has 0 aliphatic rings. The monoisotopic (exact) mass is 353 g/mol. The van der Waals surface area contributed by atoms with Gasteiger partial charge in [0.1, 0.15) is 6.04 Å². The van der Waals surface area contributed by atoms with Gasteiger partial charge in [-0.2, -0.15) is 0 Å². The smallest absolute Gasteiger partial charge is 0.320 e. The minimum absolute atomic E-state index is 0.299. The minimum atomic E-state index is -0.665. The summed E-state index contributed by atoms with van der Waals surface area (Å²) in [6.45, 7) is 7.97. The summed E-state index contributed by atoms with van der Waals surface area (Å²) >= 11 is 0. The number of carboxylic acids is 1. The van der Waals surface area contributed by atoms with Crippen LogP contribution in [0.5, 0.6) is 0 Å². The van der Waals surface area contributed by atoms with Crippen LogP contribution in [-0.2, 0) is 4.79 Å². The number of carboxylic acid groups (broad SMARTS) is 1. The summed E-state index contributed by atoms with van der Waals surface area (Å²) in [6.07, 6.45) is 20.7. The van der Waals surface area contributed by atoms with Crippen LogP contribution < -0.4 is 0 Å². The van der Waals surface area contributed by atoms with Gasteiger partial charge in [-0.3, -0.25) is 9.69 Å². The maximum atomic E-state index is 11.4. The van der Waals surface area contributed by atoms with Crippen LogP contribution in [0.15, 0.2) is 12.2 Å². The van der Waals surface area contributed by atoms with Crippen LogP contribution in [0.3, 0.4) is 0 Å². The zero-order chi connectivity index (χ0) is 18.8. The summed E-state index contributed by atoms with van der Waals surface area (Å²) in [5.74, 6) is -0.665. The molecule has 0 aliphatic heterocycles. The predicted molar refractivity (Wildman–Crippen MR) is 109 cm³/mol. The Morgan fingerprint density at radius 2 is 1.28 bits per heavy atom. The van der Waals surface area contributed by atoms with E-state index in [1.807, 2.05) is 18.7 Å². The lowest BCUT2D eigenvalue weighted by Gasteiger charge is -2.26. The molecule has 0 heterocycles.